The predicted molar refractivity (Wildman–Crippen MR) is 87.9 cm³/mol. The van der Waals surface area contributed by atoms with Crippen LogP contribution < -0.4 is 15.4 Å². The van der Waals surface area contributed by atoms with Crippen molar-refractivity contribution in [3.63, 3.8) is 0 Å². The number of carbonyl (C=O) groups is 2. The minimum Gasteiger partial charge on any atom is -0.493 e. The van der Waals surface area contributed by atoms with Crippen molar-refractivity contribution in [1.29, 1.82) is 0 Å². The van der Waals surface area contributed by atoms with Crippen LogP contribution >= 0.6 is 0 Å². The highest BCUT2D eigenvalue weighted by atomic mass is 16.5. The van der Waals surface area contributed by atoms with Crippen LogP contribution in [0.5, 0.6) is 5.75 Å². The highest BCUT2D eigenvalue weighted by Crippen LogP contribution is 2.31. The van der Waals surface area contributed by atoms with E-state index in [9.17, 15) is 9.59 Å². The van der Waals surface area contributed by atoms with Gasteiger partial charge in [-0.05, 0) is 37.3 Å². The van der Waals surface area contributed by atoms with E-state index in [2.05, 4.69) is 10.6 Å². The zero-order valence-electron chi connectivity index (χ0n) is 12.8. The van der Waals surface area contributed by atoms with Crippen molar-refractivity contribution in [2.45, 2.75) is 19.4 Å². The van der Waals surface area contributed by atoms with Gasteiger partial charge < -0.3 is 15.4 Å². The van der Waals surface area contributed by atoms with E-state index in [1.165, 1.54) is 6.92 Å². The van der Waals surface area contributed by atoms with Crippen molar-refractivity contribution >= 4 is 17.5 Å². The topological polar surface area (TPSA) is 67.4 Å². The average Bonchev–Trinajstić information content (AvgIpc) is 2.55. The van der Waals surface area contributed by atoms with Crippen LogP contribution in [-0.4, -0.2) is 18.4 Å². The number of hydrogen-bond donors (Lipinski definition) is 2. The first-order valence-corrected chi connectivity index (χ1v) is 7.54. The number of benzene rings is 2. The van der Waals surface area contributed by atoms with Gasteiger partial charge in [-0.15, -0.1) is 0 Å². The molecule has 2 aromatic carbocycles. The third kappa shape index (κ3) is 3.51. The second-order valence-electron chi connectivity index (χ2n) is 5.46. The van der Waals surface area contributed by atoms with Crippen LogP contribution in [0.1, 0.15) is 35.3 Å². The second-order valence-corrected chi connectivity index (χ2v) is 5.46. The summed E-state index contributed by atoms with van der Waals surface area (Å²) in [5.74, 6) is 0.815. The SMILES string of the molecule is CC(=O)c1ccc(NC(=O)NC2CCOc3ccccc32)cc1. The first-order valence-electron chi connectivity index (χ1n) is 7.54. The Balaban J connectivity index is 1.65. The molecule has 2 amide bonds. The molecule has 1 heterocycles. The Hall–Kier alpha value is -2.82. The maximum atomic E-state index is 12.2. The van der Waals surface area contributed by atoms with Crippen LogP contribution in [-0.2, 0) is 0 Å². The van der Waals surface area contributed by atoms with Crippen LogP contribution in [0.2, 0.25) is 0 Å². The molecule has 0 fully saturated rings. The van der Waals surface area contributed by atoms with E-state index in [1.54, 1.807) is 24.3 Å². The van der Waals surface area contributed by atoms with Gasteiger partial charge in [-0.3, -0.25) is 4.79 Å². The Morgan fingerprint density at radius 2 is 1.83 bits per heavy atom. The van der Waals surface area contributed by atoms with Gasteiger partial charge in [0.25, 0.3) is 0 Å². The number of carbonyl (C=O) groups excluding carboxylic acids is 2. The molecule has 23 heavy (non-hydrogen) atoms. The molecule has 0 aliphatic carbocycles. The number of ketones is 1. The van der Waals surface area contributed by atoms with Gasteiger partial charge in [0.2, 0.25) is 0 Å². The summed E-state index contributed by atoms with van der Waals surface area (Å²) < 4.78 is 5.59. The summed E-state index contributed by atoms with van der Waals surface area (Å²) in [6.07, 6.45) is 0.730. The highest BCUT2D eigenvalue weighted by molar-refractivity contribution is 5.95. The molecule has 0 aromatic heterocycles. The number of nitrogens with one attached hydrogen (secondary N) is 2. The van der Waals surface area contributed by atoms with E-state index >= 15 is 0 Å². The fraction of sp³-hybridized carbons (Fsp3) is 0.222. The fourth-order valence-corrected chi connectivity index (χ4v) is 2.61. The number of para-hydroxylation sites is 1. The number of ether oxygens (including phenoxy) is 1. The summed E-state index contributed by atoms with van der Waals surface area (Å²) in [4.78, 5) is 23.4. The second kappa shape index (κ2) is 6.52. The normalized spacial score (nSPS) is 16.0. The molecule has 1 atom stereocenters. The lowest BCUT2D eigenvalue weighted by Gasteiger charge is -2.26. The first kappa shape index (κ1) is 15.1. The van der Waals surface area contributed by atoms with Gasteiger partial charge in [0.15, 0.2) is 5.78 Å². The molecular formula is C18H18N2O3. The fourth-order valence-electron chi connectivity index (χ4n) is 2.61. The summed E-state index contributed by atoms with van der Waals surface area (Å²) in [5, 5.41) is 5.75. The number of amides is 2. The molecule has 3 rings (SSSR count). The first-order chi connectivity index (χ1) is 11.1. The summed E-state index contributed by atoms with van der Waals surface area (Å²) in [7, 11) is 0. The number of fused-ring (bicyclic) bond motifs is 1. The molecule has 0 saturated carbocycles. The van der Waals surface area contributed by atoms with E-state index in [4.69, 9.17) is 4.74 Å². The van der Waals surface area contributed by atoms with Crippen LogP contribution in [0.4, 0.5) is 10.5 Å². The molecule has 1 aliphatic heterocycles. The lowest BCUT2D eigenvalue weighted by atomic mass is 10.0. The molecule has 0 radical (unpaired) electrons. The van der Waals surface area contributed by atoms with Crippen LogP contribution in [0.25, 0.3) is 0 Å². The standard InChI is InChI=1S/C18H18N2O3/c1-12(21)13-6-8-14(9-7-13)19-18(22)20-16-10-11-23-17-5-3-2-4-15(16)17/h2-9,16H,10-11H2,1H3,(H2,19,20,22). The highest BCUT2D eigenvalue weighted by Gasteiger charge is 2.22. The summed E-state index contributed by atoms with van der Waals surface area (Å²) in [5.41, 5.74) is 2.25. The van der Waals surface area contributed by atoms with E-state index in [0.717, 1.165) is 17.7 Å². The minimum absolute atomic E-state index is 0.000172. The summed E-state index contributed by atoms with van der Waals surface area (Å²) >= 11 is 0. The monoisotopic (exact) mass is 310 g/mol. The Kier molecular flexibility index (Phi) is 4.28. The minimum atomic E-state index is -0.276. The van der Waals surface area contributed by atoms with Crippen LogP contribution in [0.15, 0.2) is 48.5 Å². The molecule has 0 saturated heterocycles. The number of urea groups is 1. The van der Waals surface area contributed by atoms with Crippen LogP contribution in [0, 0.1) is 0 Å². The van der Waals surface area contributed by atoms with Crippen molar-refractivity contribution in [3.8, 4) is 5.75 Å². The molecule has 118 valence electrons. The van der Waals surface area contributed by atoms with E-state index in [1.807, 2.05) is 24.3 Å². The molecule has 5 nitrogen and oxygen atoms in total. The van der Waals surface area contributed by atoms with Gasteiger partial charge in [-0.25, -0.2) is 4.79 Å². The Morgan fingerprint density at radius 1 is 1.09 bits per heavy atom. The zero-order valence-corrected chi connectivity index (χ0v) is 12.8. The molecule has 5 heteroatoms. The number of rotatable bonds is 3. The lowest BCUT2D eigenvalue weighted by Crippen LogP contribution is -2.35. The summed E-state index contributed by atoms with van der Waals surface area (Å²) in [6, 6.07) is 14.2. The Bertz CT molecular complexity index is 725. The largest absolute Gasteiger partial charge is 0.493 e. The number of Topliss-reactive ketones (excluding diaryl/α,β-unsaturated/α-hetero) is 1. The van der Waals surface area contributed by atoms with Gasteiger partial charge in [0, 0.05) is 23.2 Å². The van der Waals surface area contributed by atoms with Gasteiger partial charge in [-0.2, -0.15) is 0 Å². The van der Waals surface area contributed by atoms with E-state index in [-0.39, 0.29) is 17.9 Å². The molecule has 2 aromatic rings. The third-order valence-corrected chi connectivity index (χ3v) is 3.81. The van der Waals surface area contributed by atoms with Crippen molar-refractivity contribution in [3.05, 3.63) is 59.7 Å². The van der Waals surface area contributed by atoms with Gasteiger partial charge in [0.1, 0.15) is 5.75 Å². The molecule has 1 unspecified atom stereocenters. The number of anilines is 1. The zero-order chi connectivity index (χ0) is 16.2. The maximum Gasteiger partial charge on any atom is 0.319 e. The van der Waals surface area contributed by atoms with Gasteiger partial charge in [-0.1, -0.05) is 18.2 Å². The number of hydrogen-bond acceptors (Lipinski definition) is 3. The van der Waals surface area contributed by atoms with Crippen molar-refractivity contribution in [2.24, 2.45) is 0 Å². The van der Waals surface area contributed by atoms with Gasteiger partial charge >= 0.3 is 6.03 Å². The molecule has 0 spiro atoms. The molecule has 1 aliphatic rings. The smallest absolute Gasteiger partial charge is 0.319 e. The maximum absolute atomic E-state index is 12.2. The Morgan fingerprint density at radius 3 is 2.57 bits per heavy atom. The van der Waals surface area contributed by atoms with Crippen LogP contribution in [0.3, 0.4) is 0 Å². The predicted octanol–water partition coefficient (Wildman–Crippen LogP) is 3.53. The lowest BCUT2D eigenvalue weighted by molar-refractivity contribution is 0.101. The van der Waals surface area contributed by atoms with Crippen molar-refractivity contribution in [1.82, 2.24) is 5.32 Å². The quantitative estimate of drug-likeness (QED) is 0.852. The van der Waals surface area contributed by atoms with Crippen molar-refractivity contribution < 1.29 is 14.3 Å². The van der Waals surface area contributed by atoms with E-state index in [0.29, 0.717) is 17.9 Å². The van der Waals surface area contributed by atoms with Gasteiger partial charge in [0.05, 0.1) is 12.6 Å². The molecule has 0 bridgehead atoms. The average molecular weight is 310 g/mol. The van der Waals surface area contributed by atoms with Crippen molar-refractivity contribution in [2.75, 3.05) is 11.9 Å². The summed E-state index contributed by atoms with van der Waals surface area (Å²) in [6.45, 7) is 2.09. The molecular weight excluding hydrogens is 292 g/mol. The van der Waals surface area contributed by atoms with E-state index < -0.39 is 0 Å². The Labute approximate surface area is 134 Å². The molecule has 2 N–H and O–H groups in total. The third-order valence-electron chi connectivity index (χ3n) is 3.81.